The number of aliphatic hydroxyl groups excluding tert-OH is 1. The number of nitrogens with zero attached hydrogens (tertiary/aromatic N) is 1. The molecule has 317 valence electrons. The van der Waals surface area contributed by atoms with Gasteiger partial charge in [0.2, 0.25) is 0 Å². The topological polar surface area (TPSA) is 63.3 Å². The van der Waals surface area contributed by atoms with Gasteiger partial charge in [-0.3, -0.25) is 9.78 Å². The Kier molecular flexibility index (Phi) is 13.6. The van der Waals surface area contributed by atoms with Crippen LogP contribution in [0.5, 0.6) is 0 Å². The number of aromatic nitrogens is 1. The predicted octanol–water partition coefficient (Wildman–Crippen LogP) is 15.3. The Bertz CT molecular complexity index is 2310. The third-order valence-electron chi connectivity index (χ3n) is 14.7. The number of Topliss-reactive ketones (excluding diaryl/α,β-unsaturated/α-hetero) is 1. The zero-order valence-electron chi connectivity index (χ0n) is 39.0. The second-order valence-electron chi connectivity index (χ2n) is 21.2. The number of fused-ring (bicyclic) bond motifs is 5. The molecular formula is C53H72IrNO3-. The van der Waals surface area contributed by atoms with E-state index in [1.165, 1.54) is 40.3 Å². The molecule has 0 bridgehead atoms. The van der Waals surface area contributed by atoms with Crippen LogP contribution in [0, 0.1) is 40.6 Å². The number of benzene rings is 3. The van der Waals surface area contributed by atoms with Crippen molar-refractivity contribution in [3.05, 3.63) is 88.8 Å². The molecule has 4 nitrogen and oxygen atoms in total. The summed E-state index contributed by atoms with van der Waals surface area (Å²) in [5.74, 6) is 1.34. The van der Waals surface area contributed by atoms with Crippen LogP contribution in [0.1, 0.15) is 154 Å². The van der Waals surface area contributed by atoms with Crippen LogP contribution in [-0.4, -0.2) is 15.9 Å². The van der Waals surface area contributed by atoms with Gasteiger partial charge >= 0.3 is 0 Å². The Balaban J connectivity index is 0.000000283. The maximum Gasteiger partial charge on any atom is 0.168 e. The minimum absolute atomic E-state index is 0. The zero-order valence-corrected chi connectivity index (χ0v) is 41.4. The van der Waals surface area contributed by atoms with Crippen molar-refractivity contribution in [2.75, 3.05) is 0 Å². The Morgan fingerprint density at radius 2 is 1.26 bits per heavy atom. The Morgan fingerprint density at radius 3 is 1.78 bits per heavy atom. The molecule has 6 rings (SSSR count). The summed E-state index contributed by atoms with van der Waals surface area (Å²) in [6.07, 6.45) is 4.30. The fourth-order valence-electron chi connectivity index (χ4n) is 9.25. The monoisotopic (exact) mass is 964 g/mol. The van der Waals surface area contributed by atoms with Gasteiger partial charge in [0.05, 0.1) is 0 Å². The van der Waals surface area contributed by atoms with E-state index < -0.39 is 5.41 Å². The van der Waals surface area contributed by atoms with E-state index in [1.807, 2.05) is 13.1 Å². The summed E-state index contributed by atoms with van der Waals surface area (Å²) in [7, 11) is 0. The zero-order chi connectivity index (χ0) is 42.8. The number of hydrogen-bond acceptors (Lipinski definition) is 4. The molecule has 0 unspecified atom stereocenters. The standard InChI is InChI=1S/C33H34NO.C20H38O2.Ir/c1-31(2,3)25-17-21(16-20-10-8-9-11-22(20)25)29-30-23(12-15-34-29)24-18-26-27(19-28(24)35-30)33(6,7)14-13-32(26,4)5;1-12(2)19(10,13(3)4)17(21)16(9)18(22)20(11,14(5)6)15(7)8;/h8-12,15,17-19H,13-14H2,1-7H3;12-15,21H,1-11H3;/q-1;;/b;17-16-;. The molecule has 58 heavy (non-hydrogen) atoms. The molecule has 0 spiro atoms. The molecule has 2 aromatic heterocycles. The number of hydrogen-bond donors (Lipinski definition) is 1. The van der Waals surface area contributed by atoms with E-state index in [0.717, 1.165) is 33.2 Å². The van der Waals surface area contributed by atoms with Crippen LogP contribution < -0.4 is 0 Å². The molecule has 0 aliphatic heterocycles. The summed E-state index contributed by atoms with van der Waals surface area (Å²) in [6, 6.07) is 21.2. The Labute approximate surface area is 364 Å². The molecule has 0 atom stereocenters. The SMILES string of the molecule is C/C(C(=O)C(C)(C(C)C)C(C)C)=C(/O)C(C)(C(C)C)C(C)C.CC(C)(C)c1cc(-c2nccc3c2oc2cc4c(cc23)C(C)(C)CCC4(C)C)[c-]c2ccccc12.[Ir]. The summed E-state index contributed by atoms with van der Waals surface area (Å²) in [6.45, 7) is 39.0. The summed E-state index contributed by atoms with van der Waals surface area (Å²) in [5.41, 5.74) is 7.85. The number of ketones is 1. The van der Waals surface area contributed by atoms with Crippen molar-refractivity contribution in [1.82, 2.24) is 4.98 Å². The van der Waals surface area contributed by atoms with E-state index in [1.54, 1.807) is 6.92 Å². The van der Waals surface area contributed by atoms with Crippen LogP contribution in [0.3, 0.4) is 0 Å². The van der Waals surface area contributed by atoms with Crippen LogP contribution in [-0.2, 0) is 41.1 Å². The normalized spacial score (nSPS) is 16.1. The number of carbonyl (C=O) groups is 1. The van der Waals surface area contributed by atoms with Gasteiger partial charge in [-0.2, -0.15) is 0 Å². The smallest absolute Gasteiger partial charge is 0.168 e. The fraction of sp³-hybridized carbons (Fsp3) is 0.547. The first-order chi connectivity index (χ1) is 26.2. The van der Waals surface area contributed by atoms with E-state index in [9.17, 15) is 9.90 Å². The van der Waals surface area contributed by atoms with Crippen LogP contribution in [0.15, 0.2) is 70.5 Å². The van der Waals surface area contributed by atoms with E-state index in [2.05, 4.69) is 165 Å². The number of furan rings is 1. The average Bonchev–Trinajstić information content (AvgIpc) is 3.51. The van der Waals surface area contributed by atoms with Crippen molar-refractivity contribution in [1.29, 1.82) is 0 Å². The molecule has 1 aliphatic carbocycles. The average molecular weight is 963 g/mol. The van der Waals surface area contributed by atoms with E-state index in [-0.39, 0.29) is 77.0 Å². The molecular weight excluding hydrogens is 891 g/mol. The van der Waals surface area contributed by atoms with Crippen molar-refractivity contribution in [3.8, 4) is 11.3 Å². The molecule has 1 radical (unpaired) electrons. The molecule has 0 saturated carbocycles. The molecule has 3 aromatic carbocycles. The van der Waals surface area contributed by atoms with E-state index >= 15 is 0 Å². The van der Waals surface area contributed by atoms with Crippen molar-refractivity contribution in [2.45, 2.75) is 154 Å². The largest absolute Gasteiger partial charge is 0.511 e. The maximum atomic E-state index is 13.2. The molecule has 0 saturated heterocycles. The summed E-state index contributed by atoms with van der Waals surface area (Å²) in [4.78, 5) is 18.0. The van der Waals surface area contributed by atoms with Crippen molar-refractivity contribution in [2.24, 2.45) is 34.5 Å². The Hall–Kier alpha value is -3.27. The first-order valence-electron chi connectivity index (χ1n) is 21.5. The van der Waals surface area contributed by atoms with Crippen molar-refractivity contribution >= 4 is 38.5 Å². The van der Waals surface area contributed by atoms with Gasteiger partial charge in [-0.15, -0.1) is 29.1 Å². The van der Waals surface area contributed by atoms with Crippen molar-refractivity contribution < 1.29 is 34.4 Å². The van der Waals surface area contributed by atoms with E-state index in [4.69, 9.17) is 9.40 Å². The van der Waals surface area contributed by atoms with Crippen molar-refractivity contribution in [3.63, 3.8) is 0 Å². The third kappa shape index (κ3) is 8.26. The second kappa shape index (κ2) is 16.6. The molecule has 2 heterocycles. The number of allylic oxidation sites excluding steroid dienone is 2. The van der Waals surface area contributed by atoms with Gasteiger partial charge in [0.15, 0.2) is 5.78 Å². The first kappa shape index (κ1) is 47.4. The number of aliphatic hydroxyl groups is 1. The first-order valence-corrected chi connectivity index (χ1v) is 21.5. The number of rotatable bonds is 8. The molecule has 0 fully saturated rings. The predicted molar refractivity (Wildman–Crippen MR) is 243 cm³/mol. The molecule has 5 heteroatoms. The molecule has 1 N–H and O–H groups in total. The third-order valence-corrected chi connectivity index (χ3v) is 14.7. The van der Waals surface area contributed by atoms with Crippen LogP contribution in [0.25, 0.3) is 44.0 Å². The minimum Gasteiger partial charge on any atom is -0.511 e. The van der Waals surface area contributed by atoms with Crippen LogP contribution in [0.2, 0.25) is 0 Å². The van der Waals surface area contributed by atoms with Gasteiger partial charge in [0, 0.05) is 59.2 Å². The summed E-state index contributed by atoms with van der Waals surface area (Å²) in [5, 5.41) is 15.6. The van der Waals surface area contributed by atoms with Gasteiger partial charge in [-0.25, -0.2) is 0 Å². The van der Waals surface area contributed by atoms with Gasteiger partial charge in [0.1, 0.15) is 16.9 Å². The quantitative estimate of drug-likeness (QED) is 0.0956. The Morgan fingerprint density at radius 1 is 0.741 bits per heavy atom. The van der Waals surface area contributed by atoms with Gasteiger partial charge in [0.25, 0.3) is 0 Å². The second-order valence-corrected chi connectivity index (χ2v) is 21.2. The number of carbonyl (C=O) groups excluding carboxylic acids is 1. The summed E-state index contributed by atoms with van der Waals surface area (Å²) >= 11 is 0. The fourth-order valence-corrected chi connectivity index (χ4v) is 9.25. The van der Waals surface area contributed by atoms with Crippen LogP contribution >= 0.6 is 0 Å². The summed E-state index contributed by atoms with van der Waals surface area (Å²) < 4.78 is 6.62. The minimum atomic E-state index is -0.451. The number of pyridine rings is 1. The van der Waals surface area contributed by atoms with Gasteiger partial charge < -0.3 is 9.52 Å². The van der Waals surface area contributed by atoms with Crippen LogP contribution in [0.4, 0.5) is 0 Å². The van der Waals surface area contributed by atoms with E-state index in [0.29, 0.717) is 5.57 Å². The van der Waals surface area contributed by atoms with Gasteiger partial charge in [-0.05, 0) is 89.0 Å². The maximum absolute atomic E-state index is 13.2. The molecule has 5 aromatic rings. The molecule has 0 amide bonds. The molecule has 1 aliphatic rings. The van der Waals surface area contributed by atoms with Gasteiger partial charge in [-0.1, -0.05) is 147 Å².